The van der Waals surface area contributed by atoms with Crippen LogP contribution in [0.25, 0.3) is 0 Å². The molecule has 0 radical (unpaired) electrons. The maximum atomic E-state index is 2.50. The molecule has 13 heavy (non-hydrogen) atoms. The van der Waals surface area contributed by atoms with Crippen LogP contribution in [0.4, 0.5) is 0 Å². The average Bonchev–Trinajstić information content (AvgIpc) is 2.39. The molecule has 0 bridgehead atoms. The van der Waals surface area contributed by atoms with Crippen molar-refractivity contribution in [2.45, 2.75) is 51.2 Å². The first-order chi connectivity index (χ1) is 6.25. The van der Waals surface area contributed by atoms with Crippen molar-refractivity contribution in [1.82, 2.24) is 0 Å². The lowest BCUT2D eigenvalue weighted by atomic mass is 10.2. The highest BCUT2D eigenvalue weighted by molar-refractivity contribution is 8.51. The lowest BCUT2D eigenvalue weighted by Gasteiger charge is -2.71. The highest BCUT2D eigenvalue weighted by atomic mass is 32.3. The average molecular weight is 202 g/mol. The molecule has 2 rings (SSSR count). The Balaban J connectivity index is 2.12. The van der Waals surface area contributed by atoms with Crippen molar-refractivity contribution in [3.63, 3.8) is 0 Å². The zero-order valence-corrected chi connectivity index (χ0v) is 10.3. The lowest BCUT2D eigenvalue weighted by molar-refractivity contribution is 0.713. The molecule has 0 aromatic carbocycles. The Kier molecular flexibility index (Phi) is 2.42. The van der Waals surface area contributed by atoms with Gasteiger partial charge in [-0.3, -0.25) is 9.16 Å². The van der Waals surface area contributed by atoms with E-state index in [-0.39, 0.29) is 0 Å². The second kappa shape index (κ2) is 3.18. The SMILES string of the molecule is CCCC[SH]12(CC)CCCC1CC2. The molecule has 2 fully saturated rings. The molecule has 0 nitrogen and oxygen atoms in total. The molecule has 2 saturated heterocycles. The van der Waals surface area contributed by atoms with E-state index in [1.165, 1.54) is 18.1 Å². The fourth-order valence-electron chi connectivity index (χ4n) is 4.14. The van der Waals surface area contributed by atoms with Gasteiger partial charge in [-0.05, 0) is 53.9 Å². The number of fused-ring (bicyclic) bond motifs is 1. The monoisotopic (exact) mass is 202 g/mol. The van der Waals surface area contributed by atoms with Crippen LogP contribution in [0.2, 0.25) is 0 Å². The third-order valence-corrected chi connectivity index (χ3v) is 14.2. The van der Waals surface area contributed by atoms with Crippen molar-refractivity contribution in [3.8, 4) is 0 Å². The minimum atomic E-state index is -1.02. The summed E-state index contributed by atoms with van der Waals surface area (Å²) < 4.78 is 0. The van der Waals surface area contributed by atoms with E-state index in [0.717, 1.165) is 0 Å². The summed E-state index contributed by atoms with van der Waals surface area (Å²) in [5.41, 5.74) is 0. The normalized spacial score (nSPS) is 37.1. The molecule has 1 unspecified atom stereocenters. The van der Waals surface area contributed by atoms with Crippen molar-refractivity contribution in [3.05, 3.63) is 0 Å². The maximum Gasteiger partial charge on any atom is -0.0232 e. The second-order valence-electron chi connectivity index (χ2n) is 5.50. The molecule has 80 valence electrons. The van der Waals surface area contributed by atoms with Gasteiger partial charge in [0, 0.05) is 0 Å². The van der Waals surface area contributed by atoms with Gasteiger partial charge in [0.1, 0.15) is 0 Å². The summed E-state index contributed by atoms with van der Waals surface area (Å²) in [5.74, 6) is 6.64. The summed E-state index contributed by atoms with van der Waals surface area (Å²) in [5, 5.41) is 1.25. The van der Waals surface area contributed by atoms with Gasteiger partial charge in [0.05, 0.1) is 0 Å². The first kappa shape index (κ1) is 9.89. The first-order valence-electron chi connectivity index (χ1n) is 6.25. The minimum Gasteiger partial charge on any atom is -0.280 e. The molecule has 0 amide bonds. The van der Waals surface area contributed by atoms with Crippen molar-refractivity contribution >= 4 is 9.16 Å². The van der Waals surface area contributed by atoms with Crippen LogP contribution in [-0.4, -0.2) is 28.3 Å². The van der Waals surface area contributed by atoms with E-state index in [4.69, 9.17) is 0 Å². The minimum absolute atomic E-state index is 1.02. The van der Waals surface area contributed by atoms with Crippen LogP contribution in [0.5, 0.6) is 0 Å². The van der Waals surface area contributed by atoms with E-state index in [2.05, 4.69) is 13.8 Å². The van der Waals surface area contributed by atoms with Crippen molar-refractivity contribution in [2.24, 2.45) is 0 Å². The molecule has 0 saturated carbocycles. The fourth-order valence-corrected chi connectivity index (χ4v) is 11.8. The zero-order chi connectivity index (χ0) is 9.39. The molecule has 1 atom stereocenters. The van der Waals surface area contributed by atoms with Crippen LogP contribution >= 0.6 is 9.16 Å². The topological polar surface area (TPSA) is 0 Å². The quantitative estimate of drug-likeness (QED) is 0.663. The van der Waals surface area contributed by atoms with Crippen LogP contribution in [0.3, 0.4) is 0 Å². The highest BCUT2D eigenvalue weighted by Crippen LogP contribution is 2.84. The van der Waals surface area contributed by atoms with E-state index < -0.39 is 9.16 Å². The maximum absolute atomic E-state index is 2.50. The summed E-state index contributed by atoms with van der Waals surface area (Å²) >= 11 is 0. The first-order valence-corrected chi connectivity index (χ1v) is 9.30. The molecule has 2 aliphatic heterocycles. The number of hydrogen-bond donors (Lipinski definition) is 1. The Morgan fingerprint density at radius 3 is 2.46 bits per heavy atom. The lowest BCUT2D eigenvalue weighted by Crippen LogP contribution is -2.46. The number of unbranched alkanes of at least 4 members (excludes halogenated alkanes) is 1. The van der Waals surface area contributed by atoms with Crippen molar-refractivity contribution in [1.29, 1.82) is 0 Å². The van der Waals surface area contributed by atoms with E-state index >= 15 is 0 Å². The Hall–Kier alpha value is 0.350. The molecule has 0 aromatic rings. The van der Waals surface area contributed by atoms with E-state index in [0.29, 0.717) is 0 Å². The number of hydrogen-bond acceptors (Lipinski definition) is 0. The molecule has 0 spiro atoms. The van der Waals surface area contributed by atoms with Gasteiger partial charge in [0.25, 0.3) is 0 Å². The van der Waals surface area contributed by atoms with Crippen molar-refractivity contribution < 1.29 is 0 Å². The Morgan fingerprint density at radius 1 is 1.15 bits per heavy atom. The largest absolute Gasteiger partial charge is 0.280 e. The zero-order valence-electron chi connectivity index (χ0n) is 9.39. The number of rotatable bonds is 4. The van der Waals surface area contributed by atoms with Gasteiger partial charge in [-0.25, -0.2) is 0 Å². The van der Waals surface area contributed by atoms with Gasteiger partial charge >= 0.3 is 0 Å². The molecule has 2 heterocycles. The smallest absolute Gasteiger partial charge is 0.0232 e. The van der Waals surface area contributed by atoms with E-state index in [1.54, 1.807) is 42.3 Å². The van der Waals surface area contributed by atoms with Gasteiger partial charge in [-0.15, -0.1) is 0 Å². The molecular weight excluding hydrogens is 176 g/mol. The van der Waals surface area contributed by atoms with Crippen LogP contribution in [0, 0.1) is 0 Å². The molecule has 0 N–H and O–H groups in total. The summed E-state index contributed by atoms with van der Waals surface area (Å²) in [6.07, 6.45) is 7.75. The summed E-state index contributed by atoms with van der Waals surface area (Å²) in [6, 6.07) is 0. The Morgan fingerprint density at radius 2 is 2.00 bits per heavy atom. The van der Waals surface area contributed by atoms with Gasteiger partial charge in [0.2, 0.25) is 0 Å². The van der Waals surface area contributed by atoms with Crippen molar-refractivity contribution in [2.75, 3.05) is 23.0 Å². The second-order valence-corrected chi connectivity index (χ2v) is 12.3. The summed E-state index contributed by atoms with van der Waals surface area (Å²) in [7, 11) is -1.02. The summed E-state index contributed by atoms with van der Waals surface area (Å²) in [4.78, 5) is 0. The molecule has 1 heteroatoms. The summed E-state index contributed by atoms with van der Waals surface area (Å²) in [6.45, 7) is 4.86. The third-order valence-electron chi connectivity index (χ3n) is 5.37. The highest BCUT2D eigenvalue weighted by Gasteiger charge is 2.55. The fraction of sp³-hybridized carbons (Fsp3) is 1.00. The van der Waals surface area contributed by atoms with Gasteiger partial charge in [0.15, 0.2) is 0 Å². The van der Waals surface area contributed by atoms with Crippen LogP contribution in [-0.2, 0) is 0 Å². The van der Waals surface area contributed by atoms with Gasteiger partial charge < -0.3 is 0 Å². The van der Waals surface area contributed by atoms with Gasteiger partial charge in [-0.2, -0.15) is 0 Å². The predicted octanol–water partition coefficient (Wildman–Crippen LogP) is 3.45. The van der Waals surface area contributed by atoms with E-state index in [1.807, 2.05) is 0 Å². The molecular formula is C12H26S. The molecule has 0 aromatic heterocycles. The standard InChI is InChI=1S/C12H26S/c1-3-5-9-13(4-2)10-6-7-12(13)8-11-13/h12-13H,3-11H2,1-2H3. The molecule has 0 aliphatic carbocycles. The van der Waals surface area contributed by atoms with Crippen LogP contribution < -0.4 is 0 Å². The third kappa shape index (κ3) is 1.19. The predicted molar refractivity (Wildman–Crippen MR) is 66.7 cm³/mol. The molecule has 2 aliphatic rings. The van der Waals surface area contributed by atoms with Crippen LogP contribution in [0.1, 0.15) is 46.0 Å². The van der Waals surface area contributed by atoms with E-state index in [9.17, 15) is 0 Å². The number of thiol groups is 1. The van der Waals surface area contributed by atoms with Gasteiger partial charge in [-0.1, -0.05) is 20.3 Å². The Labute approximate surface area is 83.8 Å². The Bertz CT molecular complexity index is 195. The van der Waals surface area contributed by atoms with Crippen LogP contribution in [0.15, 0.2) is 0 Å².